The van der Waals surface area contributed by atoms with E-state index >= 15 is 0 Å². The van der Waals surface area contributed by atoms with Gasteiger partial charge in [-0.1, -0.05) is 34.6 Å². The third-order valence-electron chi connectivity index (χ3n) is 1.28. The molecule has 0 N–H and O–H groups in total. The van der Waals surface area contributed by atoms with Crippen molar-refractivity contribution in [3.63, 3.8) is 0 Å². The van der Waals surface area contributed by atoms with Crippen LogP contribution in [0, 0.1) is 0 Å². The Morgan fingerprint density at radius 2 is 1.56 bits per heavy atom. The second kappa shape index (κ2) is 6.89. The van der Waals surface area contributed by atoms with Crippen LogP contribution in [0.1, 0.15) is 26.7 Å². The first-order valence-corrected chi connectivity index (χ1v) is 6.21. The standard InChI is InChI=1S/C7H17PS/c1-3-5-8(7-9)6-4-2/h9H,3-7H2,1-2H3. The molecule has 0 bridgehead atoms. The van der Waals surface area contributed by atoms with Crippen LogP contribution in [0.2, 0.25) is 0 Å². The van der Waals surface area contributed by atoms with E-state index in [1.165, 1.54) is 25.2 Å². The fraction of sp³-hybridized carbons (Fsp3) is 1.00. The molecule has 0 aromatic heterocycles. The second-order valence-corrected chi connectivity index (χ2v) is 5.63. The van der Waals surface area contributed by atoms with Gasteiger partial charge in [0.05, 0.1) is 0 Å². The zero-order valence-electron chi connectivity index (χ0n) is 6.43. The molecule has 0 fully saturated rings. The lowest BCUT2D eigenvalue weighted by atomic mass is 10.6. The lowest BCUT2D eigenvalue weighted by molar-refractivity contribution is 1.05. The molecule has 0 rings (SSSR count). The lowest BCUT2D eigenvalue weighted by Gasteiger charge is -2.11. The van der Waals surface area contributed by atoms with Crippen molar-refractivity contribution in [2.45, 2.75) is 26.7 Å². The minimum atomic E-state index is 0.306. The summed E-state index contributed by atoms with van der Waals surface area (Å²) in [5, 5.41) is 0. The maximum Gasteiger partial charge on any atom is 0.0106 e. The summed E-state index contributed by atoms with van der Waals surface area (Å²) in [5.74, 6) is 0. The van der Waals surface area contributed by atoms with Crippen molar-refractivity contribution in [1.82, 2.24) is 0 Å². The molecule has 2 heteroatoms. The van der Waals surface area contributed by atoms with Crippen LogP contribution in [0.5, 0.6) is 0 Å². The highest BCUT2D eigenvalue weighted by molar-refractivity contribution is 7.89. The summed E-state index contributed by atoms with van der Waals surface area (Å²) >= 11 is 4.31. The van der Waals surface area contributed by atoms with Gasteiger partial charge in [0.1, 0.15) is 0 Å². The predicted molar refractivity (Wildman–Crippen MR) is 51.1 cm³/mol. The van der Waals surface area contributed by atoms with E-state index in [0.717, 1.165) is 5.49 Å². The summed E-state index contributed by atoms with van der Waals surface area (Å²) < 4.78 is 0. The van der Waals surface area contributed by atoms with Crippen molar-refractivity contribution in [2.75, 3.05) is 17.8 Å². The maximum absolute atomic E-state index is 4.31. The van der Waals surface area contributed by atoms with E-state index in [9.17, 15) is 0 Å². The average molecular weight is 164 g/mol. The van der Waals surface area contributed by atoms with E-state index < -0.39 is 0 Å². The Labute approximate surface area is 65.6 Å². The Balaban J connectivity index is 3.18. The Hall–Kier alpha value is 0.780. The molecule has 0 aliphatic rings. The Bertz CT molecular complexity index is 50.9. The van der Waals surface area contributed by atoms with Gasteiger partial charge in [0.2, 0.25) is 0 Å². The Morgan fingerprint density at radius 3 is 1.78 bits per heavy atom. The fourth-order valence-corrected chi connectivity index (χ4v) is 3.51. The minimum absolute atomic E-state index is 0.306. The molecule has 9 heavy (non-hydrogen) atoms. The summed E-state index contributed by atoms with van der Waals surface area (Å²) in [6.45, 7) is 4.52. The summed E-state index contributed by atoms with van der Waals surface area (Å²) in [6.07, 6.45) is 5.53. The monoisotopic (exact) mass is 164 g/mol. The molecule has 0 nitrogen and oxygen atoms in total. The van der Waals surface area contributed by atoms with Crippen LogP contribution in [0.25, 0.3) is 0 Å². The van der Waals surface area contributed by atoms with Gasteiger partial charge in [0, 0.05) is 5.49 Å². The van der Waals surface area contributed by atoms with Crippen LogP contribution in [-0.2, 0) is 0 Å². The molecule has 0 spiro atoms. The molecular formula is C7H17PS. The number of rotatable bonds is 5. The third kappa shape index (κ3) is 5.24. The van der Waals surface area contributed by atoms with Gasteiger partial charge >= 0.3 is 0 Å². The van der Waals surface area contributed by atoms with Crippen molar-refractivity contribution in [3.05, 3.63) is 0 Å². The van der Waals surface area contributed by atoms with Gasteiger partial charge in [-0.3, -0.25) is 0 Å². The summed E-state index contributed by atoms with van der Waals surface area (Å²) in [5.41, 5.74) is 1.14. The van der Waals surface area contributed by atoms with Crippen molar-refractivity contribution >= 4 is 20.6 Å². The first kappa shape index (κ1) is 9.78. The largest absolute Gasteiger partial charge is 0.175 e. The van der Waals surface area contributed by atoms with Gasteiger partial charge < -0.3 is 0 Å². The zero-order valence-corrected chi connectivity index (χ0v) is 8.22. The second-order valence-electron chi connectivity index (χ2n) is 2.26. The Morgan fingerprint density at radius 1 is 1.11 bits per heavy atom. The first-order valence-electron chi connectivity index (χ1n) is 3.68. The highest BCUT2D eigenvalue weighted by atomic mass is 32.1. The van der Waals surface area contributed by atoms with Gasteiger partial charge in [0.15, 0.2) is 0 Å². The van der Waals surface area contributed by atoms with Crippen molar-refractivity contribution in [2.24, 2.45) is 0 Å². The molecule has 0 saturated carbocycles. The summed E-state index contributed by atoms with van der Waals surface area (Å²) in [6, 6.07) is 0. The van der Waals surface area contributed by atoms with Gasteiger partial charge in [-0.05, 0) is 12.3 Å². The van der Waals surface area contributed by atoms with Gasteiger partial charge in [-0.15, -0.1) is 0 Å². The lowest BCUT2D eigenvalue weighted by Crippen LogP contribution is -1.88. The predicted octanol–water partition coefficient (Wildman–Crippen LogP) is 3.18. The average Bonchev–Trinajstić information content (AvgIpc) is 1.88. The van der Waals surface area contributed by atoms with Crippen LogP contribution >= 0.6 is 20.6 Å². The van der Waals surface area contributed by atoms with E-state index in [-0.39, 0.29) is 0 Å². The van der Waals surface area contributed by atoms with E-state index in [4.69, 9.17) is 0 Å². The van der Waals surface area contributed by atoms with E-state index in [1.54, 1.807) is 0 Å². The zero-order chi connectivity index (χ0) is 7.11. The molecule has 0 saturated heterocycles. The first-order chi connectivity index (χ1) is 4.35. The quantitative estimate of drug-likeness (QED) is 0.468. The minimum Gasteiger partial charge on any atom is -0.175 e. The summed E-state index contributed by atoms with van der Waals surface area (Å²) in [4.78, 5) is 0. The number of thiol groups is 1. The van der Waals surface area contributed by atoms with Crippen LogP contribution in [-0.4, -0.2) is 17.8 Å². The summed E-state index contributed by atoms with van der Waals surface area (Å²) in [7, 11) is 0.306. The molecule has 56 valence electrons. The molecule has 0 aromatic carbocycles. The molecule has 0 heterocycles. The Kier molecular flexibility index (Phi) is 7.49. The molecular weight excluding hydrogens is 147 g/mol. The van der Waals surface area contributed by atoms with E-state index in [0.29, 0.717) is 7.92 Å². The maximum atomic E-state index is 4.31. The van der Waals surface area contributed by atoms with E-state index in [2.05, 4.69) is 26.5 Å². The van der Waals surface area contributed by atoms with Crippen LogP contribution in [0.15, 0.2) is 0 Å². The van der Waals surface area contributed by atoms with Crippen LogP contribution in [0.4, 0.5) is 0 Å². The van der Waals surface area contributed by atoms with Gasteiger partial charge in [0.25, 0.3) is 0 Å². The van der Waals surface area contributed by atoms with Crippen molar-refractivity contribution in [3.8, 4) is 0 Å². The van der Waals surface area contributed by atoms with Gasteiger partial charge in [-0.25, -0.2) is 0 Å². The third-order valence-corrected chi connectivity index (χ3v) is 5.04. The van der Waals surface area contributed by atoms with Crippen molar-refractivity contribution < 1.29 is 0 Å². The SMILES string of the molecule is CCCP(CS)CCC. The molecule has 0 atom stereocenters. The van der Waals surface area contributed by atoms with Gasteiger partial charge in [-0.2, -0.15) is 12.6 Å². The molecule has 0 aliphatic heterocycles. The molecule has 0 amide bonds. The van der Waals surface area contributed by atoms with Crippen molar-refractivity contribution in [1.29, 1.82) is 0 Å². The normalized spacial score (nSPS) is 10.7. The fourth-order valence-electron chi connectivity index (χ4n) is 0.886. The highest BCUT2D eigenvalue weighted by Crippen LogP contribution is 2.37. The molecule has 0 aromatic rings. The highest BCUT2D eigenvalue weighted by Gasteiger charge is 2.00. The number of hydrogen-bond donors (Lipinski definition) is 1. The van der Waals surface area contributed by atoms with Crippen LogP contribution in [0.3, 0.4) is 0 Å². The molecule has 0 radical (unpaired) electrons. The number of hydrogen-bond acceptors (Lipinski definition) is 1. The molecule has 0 aliphatic carbocycles. The van der Waals surface area contributed by atoms with E-state index in [1.807, 2.05) is 0 Å². The smallest absolute Gasteiger partial charge is 0.0106 e. The molecule has 0 unspecified atom stereocenters. The topological polar surface area (TPSA) is 0 Å². The van der Waals surface area contributed by atoms with Crippen LogP contribution < -0.4 is 0 Å².